The first-order valence-corrected chi connectivity index (χ1v) is 8.15. The molecule has 0 amide bonds. The van der Waals surface area contributed by atoms with Crippen molar-refractivity contribution in [2.24, 2.45) is 0 Å². The van der Waals surface area contributed by atoms with Crippen molar-refractivity contribution in [3.05, 3.63) is 52.9 Å². The average Bonchev–Trinajstić information content (AvgIpc) is 2.54. The highest BCUT2D eigenvalue weighted by atomic mass is 32.2. The second kappa shape index (κ2) is 19.2. The molecule has 18 heteroatoms. The number of rotatable bonds is 3. The van der Waals surface area contributed by atoms with Gasteiger partial charge in [-0.25, -0.2) is 0 Å². The molecule has 1 aromatic heterocycles. The highest BCUT2D eigenvalue weighted by molar-refractivity contribution is 7.86. The van der Waals surface area contributed by atoms with Crippen LogP contribution < -0.4 is 10.2 Å². The van der Waals surface area contributed by atoms with Crippen molar-refractivity contribution < 1.29 is 82.0 Å². The molecule has 0 spiro atoms. The van der Waals surface area contributed by atoms with Crippen LogP contribution in [0.4, 0.5) is 0 Å². The van der Waals surface area contributed by atoms with Gasteiger partial charge in [0.2, 0.25) is 0 Å². The zero-order valence-electron chi connectivity index (χ0n) is 17.4. The molecule has 0 atom stereocenters. The molecule has 204 valence electrons. The van der Waals surface area contributed by atoms with Crippen LogP contribution in [0, 0.1) is 0 Å². The number of methoxy groups -OCH3 is 1. The number of ether oxygens (including phenoxy) is 1. The lowest BCUT2D eigenvalue weighted by molar-refractivity contribution is 0.414. The molecule has 1 heterocycles. The highest BCUT2D eigenvalue weighted by Gasteiger charge is 2.18. The van der Waals surface area contributed by atoms with Crippen LogP contribution in [0.3, 0.4) is 0 Å². The van der Waals surface area contributed by atoms with E-state index in [0.717, 1.165) is 12.1 Å². The van der Waals surface area contributed by atoms with Gasteiger partial charge in [-0.1, -0.05) is 6.07 Å². The van der Waals surface area contributed by atoms with E-state index in [1.54, 1.807) is 12.1 Å². The van der Waals surface area contributed by atoms with Crippen LogP contribution in [0.25, 0.3) is 22.1 Å². The first-order valence-electron chi connectivity index (χ1n) is 6.71. The summed E-state index contributed by atoms with van der Waals surface area (Å²) in [7, 11) is -3.14. The Hall–Kier alpha value is -3.24. The maximum absolute atomic E-state index is 12.6. The minimum atomic E-state index is -4.63. The quantitative estimate of drug-likeness (QED) is 0.309. The van der Waals surface area contributed by atoms with Gasteiger partial charge in [0.15, 0.2) is 5.43 Å². The fourth-order valence-electron chi connectivity index (χ4n) is 2.32. The summed E-state index contributed by atoms with van der Waals surface area (Å²) in [4.78, 5) is 11.9. The lowest BCUT2D eigenvalue weighted by atomic mass is 10.1. The normalized spacial score (nSPS) is 8.18. The fourth-order valence-corrected chi connectivity index (χ4v) is 2.93. The molecule has 0 saturated carbocycles. The Kier molecular flexibility index (Phi) is 29.8. The van der Waals surface area contributed by atoms with E-state index in [0.29, 0.717) is 11.3 Å². The molecular formula is C16H32O17S. The predicted molar refractivity (Wildman–Crippen MR) is 122 cm³/mol. The second-order valence-electron chi connectivity index (χ2n) is 5.00. The number of phenols is 1. The van der Waals surface area contributed by atoms with Crippen molar-refractivity contribution >= 4 is 21.1 Å². The number of hydrogen-bond donors (Lipinski definition) is 2. The SMILES string of the molecule is COc1ccc2c(=O)c(-c3ccc(O)c(S(=O)(=O)O)c3)coc2c1.O.O.O.O.O.O.O.O.O.O. The molecule has 0 aliphatic heterocycles. The van der Waals surface area contributed by atoms with Gasteiger partial charge in [-0.3, -0.25) is 9.35 Å². The second-order valence-corrected chi connectivity index (χ2v) is 6.39. The van der Waals surface area contributed by atoms with Gasteiger partial charge >= 0.3 is 0 Å². The smallest absolute Gasteiger partial charge is 0.298 e. The summed E-state index contributed by atoms with van der Waals surface area (Å²) < 4.78 is 42.2. The molecule has 0 saturated heterocycles. The van der Waals surface area contributed by atoms with Gasteiger partial charge in [0.25, 0.3) is 10.1 Å². The highest BCUT2D eigenvalue weighted by Crippen LogP contribution is 2.29. The summed E-state index contributed by atoms with van der Waals surface area (Å²) in [5, 5.41) is 9.85. The van der Waals surface area contributed by atoms with Crippen molar-refractivity contribution in [1.29, 1.82) is 0 Å². The molecule has 17 nitrogen and oxygen atoms in total. The molecule has 0 aliphatic carbocycles. The van der Waals surface area contributed by atoms with Crippen LogP contribution in [0.1, 0.15) is 0 Å². The van der Waals surface area contributed by atoms with Gasteiger partial charge < -0.3 is 69.0 Å². The van der Waals surface area contributed by atoms with Gasteiger partial charge in [-0.2, -0.15) is 8.42 Å². The number of hydrogen-bond acceptors (Lipinski definition) is 6. The standard InChI is InChI=1S/C16H12O7S.10H2O/c1-22-10-3-4-11-14(7-10)23-8-12(16(11)18)9-2-5-13(17)15(6-9)24(19,20)21;;;;;;;;;;/h2-8,17H,1H3,(H,19,20,21);10*1H2. The molecule has 0 bridgehead atoms. The monoisotopic (exact) mass is 528 g/mol. The van der Waals surface area contributed by atoms with Crippen molar-refractivity contribution in [3.8, 4) is 22.6 Å². The topological polar surface area (TPSA) is 429 Å². The van der Waals surface area contributed by atoms with E-state index in [2.05, 4.69) is 0 Å². The Labute approximate surface area is 191 Å². The van der Waals surface area contributed by atoms with Gasteiger partial charge in [0.1, 0.15) is 28.2 Å². The summed E-state index contributed by atoms with van der Waals surface area (Å²) in [6.07, 6.45) is 1.18. The van der Waals surface area contributed by atoms with Gasteiger partial charge in [0, 0.05) is 6.07 Å². The molecule has 3 aromatic rings. The summed E-state index contributed by atoms with van der Waals surface area (Å²) in [6, 6.07) is 8.13. The third-order valence-corrected chi connectivity index (χ3v) is 4.41. The number of phenolic OH excluding ortho intramolecular Hbond substituents is 1. The van der Waals surface area contributed by atoms with Crippen molar-refractivity contribution in [1.82, 2.24) is 0 Å². The molecule has 0 fully saturated rings. The van der Waals surface area contributed by atoms with Crippen LogP contribution in [0.15, 0.2) is 56.8 Å². The molecule has 0 aliphatic rings. The molecule has 3 rings (SSSR count). The van der Waals surface area contributed by atoms with Gasteiger partial charge in [-0.05, 0) is 29.8 Å². The van der Waals surface area contributed by atoms with E-state index in [1.165, 1.54) is 25.5 Å². The summed E-state index contributed by atoms with van der Waals surface area (Å²) in [5.41, 5.74) is 0.215. The van der Waals surface area contributed by atoms with Crippen molar-refractivity contribution in [2.45, 2.75) is 4.90 Å². The fraction of sp³-hybridized carbons (Fsp3) is 0.0625. The summed E-state index contributed by atoms with van der Waals surface area (Å²) in [6.45, 7) is 0. The minimum Gasteiger partial charge on any atom is -0.506 e. The third-order valence-electron chi connectivity index (χ3n) is 3.53. The Morgan fingerprint density at radius 3 is 1.82 bits per heavy atom. The predicted octanol–water partition coefficient (Wildman–Crippen LogP) is -5.83. The lowest BCUT2D eigenvalue weighted by Crippen LogP contribution is -2.06. The number of benzene rings is 2. The Bertz CT molecular complexity index is 1110. The van der Waals surface area contributed by atoms with E-state index >= 15 is 0 Å². The zero-order valence-corrected chi connectivity index (χ0v) is 18.2. The molecule has 2 aromatic carbocycles. The maximum Gasteiger partial charge on any atom is 0.298 e. The number of fused-ring (bicyclic) bond motifs is 1. The van der Waals surface area contributed by atoms with Crippen LogP contribution in [-0.4, -0.2) is 79.9 Å². The van der Waals surface area contributed by atoms with E-state index in [-0.39, 0.29) is 76.7 Å². The molecule has 34 heavy (non-hydrogen) atoms. The lowest BCUT2D eigenvalue weighted by Gasteiger charge is -2.07. The van der Waals surface area contributed by atoms with Crippen LogP contribution in [0.5, 0.6) is 11.5 Å². The molecule has 0 unspecified atom stereocenters. The molecule has 0 radical (unpaired) electrons. The van der Waals surface area contributed by atoms with Gasteiger partial charge in [0.05, 0.1) is 18.1 Å². The largest absolute Gasteiger partial charge is 0.506 e. The minimum absolute atomic E-state index is 0. The van der Waals surface area contributed by atoms with Crippen LogP contribution in [0.2, 0.25) is 0 Å². The van der Waals surface area contributed by atoms with Crippen molar-refractivity contribution in [3.63, 3.8) is 0 Å². The maximum atomic E-state index is 12.6. The Balaban J connectivity index is -0.000000113. The first-order chi connectivity index (χ1) is 11.3. The third kappa shape index (κ3) is 9.72. The molecular weight excluding hydrogens is 496 g/mol. The van der Waals surface area contributed by atoms with E-state index in [1.807, 2.05) is 0 Å². The number of aromatic hydroxyl groups is 1. The van der Waals surface area contributed by atoms with E-state index in [4.69, 9.17) is 13.7 Å². The zero-order chi connectivity index (χ0) is 17.5. The summed E-state index contributed by atoms with van der Waals surface area (Å²) in [5.74, 6) is -0.0899. The average molecular weight is 528 g/mol. The Morgan fingerprint density at radius 2 is 1.35 bits per heavy atom. The summed E-state index contributed by atoms with van der Waals surface area (Å²) >= 11 is 0. The first kappa shape index (κ1) is 52.6. The van der Waals surface area contributed by atoms with Crippen LogP contribution in [-0.2, 0) is 10.1 Å². The Morgan fingerprint density at radius 1 is 0.824 bits per heavy atom. The molecule has 22 N–H and O–H groups in total. The van der Waals surface area contributed by atoms with Gasteiger partial charge in [-0.15, -0.1) is 0 Å². The van der Waals surface area contributed by atoms with Crippen molar-refractivity contribution in [2.75, 3.05) is 7.11 Å². The van der Waals surface area contributed by atoms with E-state index < -0.39 is 20.8 Å². The van der Waals surface area contributed by atoms with Crippen LogP contribution >= 0.6 is 0 Å². The van der Waals surface area contributed by atoms with E-state index in [9.17, 15) is 18.3 Å².